The van der Waals surface area contributed by atoms with Crippen LogP contribution in [0.1, 0.15) is 33.4 Å². The van der Waals surface area contributed by atoms with E-state index in [4.69, 9.17) is 0 Å². The predicted octanol–water partition coefficient (Wildman–Crippen LogP) is 11.5. The summed E-state index contributed by atoms with van der Waals surface area (Å²) in [4.78, 5) is 4.17. The van der Waals surface area contributed by atoms with E-state index in [1.165, 1.54) is 0 Å². The summed E-state index contributed by atoms with van der Waals surface area (Å²) in [6.45, 7) is 8.17. The average Bonchev–Trinajstić information content (AvgIpc) is 3.10. The second kappa shape index (κ2) is 12.9. The zero-order valence-corrected chi connectivity index (χ0v) is 28.4. The highest BCUT2D eigenvalue weighted by molar-refractivity contribution is 6.08. The number of aliphatic hydroxyl groups excluding tert-OH is 2. The zero-order valence-electron chi connectivity index (χ0n) is 28.4. The molecule has 6 nitrogen and oxygen atoms in total. The molecular formula is C44H38N2O4. The van der Waals surface area contributed by atoms with Gasteiger partial charge in [0, 0.05) is 57.4 Å². The third kappa shape index (κ3) is 5.51. The van der Waals surface area contributed by atoms with E-state index in [9.17, 15) is 20.4 Å². The van der Waals surface area contributed by atoms with Gasteiger partial charge in [0.05, 0.1) is 11.1 Å². The van der Waals surface area contributed by atoms with Gasteiger partial charge in [-0.15, -0.1) is 0 Å². The maximum absolute atomic E-state index is 11.4. The molecule has 0 saturated carbocycles. The molecule has 0 amide bonds. The summed E-state index contributed by atoms with van der Waals surface area (Å²) in [5, 5.41) is 45.4. The molecule has 0 radical (unpaired) electrons. The number of rotatable bonds is 8. The number of phenols is 2. The van der Waals surface area contributed by atoms with Crippen molar-refractivity contribution in [2.45, 2.75) is 27.7 Å². The van der Waals surface area contributed by atoms with E-state index in [2.05, 4.69) is 9.80 Å². The van der Waals surface area contributed by atoms with Crippen molar-refractivity contribution < 1.29 is 20.4 Å². The molecule has 1 aliphatic carbocycles. The first-order valence-electron chi connectivity index (χ1n) is 16.5. The number of hydrogen-bond acceptors (Lipinski definition) is 6. The topological polar surface area (TPSA) is 87.4 Å². The predicted molar refractivity (Wildman–Crippen MR) is 204 cm³/mol. The molecule has 6 aromatic carbocycles. The third-order valence-electron chi connectivity index (χ3n) is 9.39. The van der Waals surface area contributed by atoms with Crippen molar-refractivity contribution in [2.24, 2.45) is 0 Å². The van der Waals surface area contributed by atoms with E-state index in [0.717, 1.165) is 56.4 Å². The van der Waals surface area contributed by atoms with Gasteiger partial charge in [0.2, 0.25) is 0 Å². The van der Waals surface area contributed by atoms with Crippen LogP contribution >= 0.6 is 0 Å². The molecule has 248 valence electrons. The molecule has 6 aromatic rings. The van der Waals surface area contributed by atoms with Crippen LogP contribution in [0.25, 0.3) is 11.1 Å². The Labute approximate surface area is 292 Å². The van der Waals surface area contributed by atoms with Crippen molar-refractivity contribution in [2.75, 3.05) is 9.80 Å². The maximum atomic E-state index is 11.4. The van der Waals surface area contributed by atoms with Crippen LogP contribution in [0.15, 0.2) is 145 Å². The first-order valence-corrected chi connectivity index (χ1v) is 16.5. The van der Waals surface area contributed by atoms with Crippen LogP contribution in [0.2, 0.25) is 0 Å². The van der Waals surface area contributed by atoms with Gasteiger partial charge in [-0.05, 0) is 98.5 Å². The summed E-state index contributed by atoms with van der Waals surface area (Å²) >= 11 is 0. The summed E-state index contributed by atoms with van der Waals surface area (Å²) in [6, 6.07) is 42.6. The van der Waals surface area contributed by atoms with E-state index >= 15 is 0 Å². The number of phenolic OH excluding ortho intramolecular Hbond substituents is 2. The average molecular weight is 659 g/mol. The Morgan fingerprint density at radius 3 is 0.900 bits per heavy atom. The molecule has 6 heteroatoms. The summed E-state index contributed by atoms with van der Waals surface area (Å²) in [6.07, 6.45) is 0. The van der Waals surface area contributed by atoms with Crippen molar-refractivity contribution in [3.05, 3.63) is 178 Å². The second-order valence-corrected chi connectivity index (χ2v) is 12.7. The van der Waals surface area contributed by atoms with Crippen LogP contribution < -0.4 is 9.80 Å². The largest absolute Gasteiger partial charge is 0.507 e. The fraction of sp³-hybridized carbons (Fsp3) is 0.0909. The highest BCUT2D eigenvalue weighted by Gasteiger charge is 2.35. The van der Waals surface area contributed by atoms with E-state index in [0.29, 0.717) is 0 Å². The van der Waals surface area contributed by atoms with Crippen molar-refractivity contribution >= 4 is 45.3 Å². The molecule has 50 heavy (non-hydrogen) atoms. The number of nitrogens with zero attached hydrogens (tertiary/aromatic N) is 2. The number of allylic oxidation sites excluding steroid dienone is 2. The first-order chi connectivity index (χ1) is 24.2. The van der Waals surface area contributed by atoms with Crippen LogP contribution in [0.3, 0.4) is 0 Å². The Morgan fingerprint density at radius 1 is 0.360 bits per heavy atom. The Bertz CT molecular complexity index is 2070. The van der Waals surface area contributed by atoms with E-state index in [1.807, 2.05) is 137 Å². The van der Waals surface area contributed by atoms with Gasteiger partial charge in [-0.2, -0.15) is 0 Å². The molecule has 7 rings (SSSR count). The lowest BCUT2D eigenvalue weighted by molar-refractivity contribution is 0.386. The number of aromatic hydroxyl groups is 2. The minimum atomic E-state index is -0.210. The molecule has 0 atom stereocenters. The maximum Gasteiger partial charge on any atom is 0.139 e. The minimum Gasteiger partial charge on any atom is -0.507 e. The fourth-order valence-electron chi connectivity index (χ4n) is 6.74. The summed E-state index contributed by atoms with van der Waals surface area (Å²) < 4.78 is 0. The van der Waals surface area contributed by atoms with Crippen LogP contribution in [0.5, 0.6) is 11.5 Å². The molecule has 0 spiro atoms. The van der Waals surface area contributed by atoms with E-state index in [-0.39, 0.29) is 45.3 Å². The van der Waals surface area contributed by atoms with Crippen molar-refractivity contribution in [3.63, 3.8) is 0 Å². The lowest BCUT2D eigenvalue weighted by atomic mass is 9.83. The minimum absolute atomic E-state index is 0.103. The molecule has 0 aliphatic heterocycles. The molecule has 0 aromatic heterocycles. The Kier molecular flexibility index (Phi) is 8.30. The van der Waals surface area contributed by atoms with Crippen LogP contribution in [-0.4, -0.2) is 20.4 Å². The van der Waals surface area contributed by atoms with E-state index in [1.54, 1.807) is 24.3 Å². The van der Waals surface area contributed by atoms with Gasteiger partial charge in [0.15, 0.2) is 0 Å². The lowest BCUT2D eigenvalue weighted by Crippen LogP contribution is -2.14. The summed E-state index contributed by atoms with van der Waals surface area (Å²) in [7, 11) is 0. The fourth-order valence-corrected chi connectivity index (χ4v) is 6.74. The monoisotopic (exact) mass is 658 g/mol. The Balaban J connectivity index is 1.24. The normalized spacial score (nSPS) is 12.6. The van der Waals surface area contributed by atoms with Gasteiger partial charge in [-0.25, -0.2) is 0 Å². The summed E-state index contributed by atoms with van der Waals surface area (Å²) in [5.41, 5.74) is 10.4. The van der Waals surface area contributed by atoms with Crippen LogP contribution in [0.4, 0.5) is 34.1 Å². The SMILES string of the molecule is Cc1ccccc1N(c1ccc(C2=C(O)C(c3ccc(N(c4ccccc4C)c4ccccc4C)cc3O)=C2O)c(O)c1)c1ccccc1C. The number of hydrogen-bond donors (Lipinski definition) is 4. The highest BCUT2D eigenvalue weighted by atomic mass is 16.3. The standard InChI is InChI=1S/C44H38N2O4/c1-27-13-5-9-17-35(27)45(36-18-10-6-14-28(36)2)31-21-23-33(39(47)25-31)41-43(49)42(44(41)50)34-24-22-32(26-40(34)48)46(37-19-11-7-15-29(37)3)38-20-12-8-16-30(38)4/h5-26,47-50H,1-4H3. The van der Waals surface area contributed by atoms with E-state index < -0.39 is 0 Å². The van der Waals surface area contributed by atoms with Crippen molar-refractivity contribution in [1.29, 1.82) is 0 Å². The number of anilines is 6. The lowest BCUT2D eigenvalue weighted by Gasteiger charge is -2.30. The molecule has 0 bridgehead atoms. The molecule has 0 saturated heterocycles. The number of benzene rings is 6. The first kappa shape index (κ1) is 32.2. The van der Waals surface area contributed by atoms with Gasteiger partial charge in [-0.1, -0.05) is 72.8 Å². The van der Waals surface area contributed by atoms with Crippen LogP contribution in [0, 0.1) is 27.7 Å². The number of aliphatic hydroxyl groups is 2. The molecule has 1 aliphatic rings. The van der Waals surface area contributed by atoms with Gasteiger partial charge >= 0.3 is 0 Å². The van der Waals surface area contributed by atoms with Crippen molar-refractivity contribution in [3.8, 4) is 11.5 Å². The van der Waals surface area contributed by atoms with Gasteiger partial charge in [0.1, 0.15) is 23.0 Å². The van der Waals surface area contributed by atoms with Gasteiger partial charge < -0.3 is 30.2 Å². The molecule has 0 unspecified atom stereocenters. The molecule has 4 N–H and O–H groups in total. The Morgan fingerprint density at radius 2 is 0.640 bits per heavy atom. The Hall–Kier alpha value is -6.40. The third-order valence-corrected chi connectivity index (χ3v) is 9.39. The number of para-hydroxylation sites is 4. The van der Waals surface area contributed by atoms with Gasteiger partial charge in [0.25, 0.3) is 0 Å². The van der Waals surface area contributed by atoms with Gasteiger partial charge in [-0.3, -0.25) is 0 Å². The highest BCUT2D eigenvalue weighted by Crippen LogP contribution is 2.51. The van der Waals surface area contributed by atoms with Crippen LogP contribution in [-0.2, 0) is 0 Å². The quantitative estimate of drug-likeness (QED) is 0.130. The molecule has 0 fully saturated rings. The zero-order chi connectivity index (χ0) is 35.1. The number of aryl methyl sites for hydroxylation is 4. The molecular weight excluding hydrogens is 620 g/mol. The summed E-state index contributed by atoms with van der Waals surface area (Å²) in [5.74, 6) is -0.627. The second-order valence-electron chi connectivity index (χ2n) is 12.7. The van der Waals surface area contributed by atoms with Crippen molar-refractivity contribution in [1.82, 2.24) is 0 Å². The molecule has 0 heterocycles. The smallest absolute Gasteiger partial charge is 0.139 e.